The molecule has 6 N–H and O–H groups in total. The number of unbranched alkanes of at least 4 members (excludes halogenated alkanes) is 4. The first-order valence-corrected chi connectivity index (χ1v) is 14.8. The predicted octanol–water partition coefficient (Wildman–Crippen LogP) is 5.38. The summed E-state index contributed by atoms with van der Waals surface area (Å²) in [5.74, 6) is -0.290. The molecular weight excluding hydrogens is 498 g/mol. The summed E-state index contributed by atoms with van der Waals surface area (Å²) in [5, 5.41) is 6.54. The molecule has 0 aliphatic carbocycles. The van der Waals surface area contributed by atoms with Crippen molar-refractivity contribution in [3.05, 3.63) is 77.5 Å². The number of carbonyl (C=O) groups is 2. The Bertz CT molecular complexity index is 1050. The average molecular weight is 550 g/mol. The monoisotopic (exact) mass is 549 g/mol. The first-order valence-electron chi connectivity index (χ1n) is 14.8. The third kappa shape index (κ3) is 11.9. The molecule has 2 unspecified atom stereocenters. The quantitative estimate of drug-likeness (QED) is 0.166. The molecule has 0 radical (unpaired) electrons. The first-order chi connectivity index (χ1) is 19.3. The van der Waals surface area contributed by atoms with E-state index in [4.69, 9.17) is 11.5 Å². The number of carbonyl (C=O) groups excluding carboxylic acids is 2. The molecule has 0 spiro atoms. The summed E-state index contributed by atoms with van der Waals surface area (Å²) in [6.07, 6.45) is 10.3. The molecule has 0 saturated carbocycles. The SMILES string of the molecule is C=CNC(Cc1ccc(NC(=O)CCCCCCC)cc1CCC(C)N(CCN)CC(N)=O)c1ccc(C)cc1. The van der Waals surface area contributed by atoms with Gasteiger partial charge in [-0.15, -0.1) is 0 Å². The Labute approximate surface area is 241 Å². The standard InChI is InChI=1S/C33H51N5O2/c1-5-7-8-9-10-11-33(40)37-30-19-18-29(23-31(36-6-2)27-15-12-25(3)13-16-27)28(22-30)17-14-26(4)38(21-20-34)24-32(35)39/h6,12-13,15-16,18-19,22,26,31,36H,2,5,7-11,14,17,20-21,23-24,34H2,1,3-4H3,(H2,35,39)(H,37,40). The second kappa shape index (κ2) is 18.2. The van der Waals surface area contributed by atoms with Crippen molar-refractivity contribution in [3.63, 3.8) is 0 Å². The lowest BCUT2D eigenvalue weighted by atomic mass is 9.92. The molecule has 7 nitrogen and oxygen atoms in total. The van der Waals surface area contributed by atoms with Gasteiger partial charge in [-0.1, -0.05) is 75.1 Å². The summed E-state index contributed by atoms with van der Waals surface area (Å²) in [6, 6.07) is 15.0. The van der Waals surface area contributed by atoms with Gasteiger partial charge in [0, 0.05) is 31.2 Å². The minimum absolute atomic E-state index is 0.0602. The maximum atomic E-state index is 12.7. The van der Waals surface area contributed by atoms with Crippen LogP contribution in [0.25, 0.3) is 0 Å². The molecule has 0 aliphatic heterocycles. The topological polar surface area (TPSA) is 113 Å². The van der Waals surface area contributed by atoms with Crippen molar-refractivity contribution in [2.75, 3.05) is 25.0 Å². The van der Waals surface area contributed by atoms with Crippen LogP contribution in [0, 0.1) is 6.92 Å². The summed E-state index contributed by atoms with van der Waals surface area (Å²) in [5.41, 5.74) is 16.9. The van der Waals surface area contributed by atoms with Crippen LogP contribution in [0.1, 0.15) is 87.1 Å². The molecule has 2 atom stereocenters. The lowest BCUT2D eigenvalue weighted by Crippen LogP contribution is -2.42. The Morgan fingerprint density at radius 2 is 1.77 bits per heavy atom. The van der Waals surface area contributed by atoms with Gasteiger partial charge in [0.2, 0.25) is 11.8 Å². The Balaban J connectivity index is 2.24. The molecule has 2 aromatic carbocycles. The van der Waals surface area contributed by atoms with Gasteiger partial charge in [0.1, 0.15) is 0 Å². The first kappa shape index (κ1) is 33.0. The molecule has 0 aliphatic rings. The highest BCUT2D eigenvalue weighted by atomic mass is 16.2. The summed E-state index contributed by atoms with van der Waals surface area (Å²) in [7, 11) is 0. The number of aryl methyl sites for hydroxylation is 2. The maximum absolute atomic E-state index is 12.7. The highest BCUT2D eigenvalue weighted by Gasteiger charge is 2.18. The second-order valence-electron chi connectivity index (χ2n) is 10.8. The van der Waals surface area contributed by atoms with E-state index in [2.05, 4.69) is 74.4 Å². The molecule has 0 saturated heterocycles. The van der Waals surface area contributed by atoms with Crippen molar-refractivity contribution in [2.24, 2.45) is 11.5 Å². The van der Waals surface area contributed by atoms with Crippen LogP contribution in [0.5, 0.6) is 0 Å². The van der Waals surface area contributed by atoms with Crippen LogP contribution in [-0.2, 0) is 22.4 Å². The average Bonchev–Trinajstić information content (AvgIpc) is 2.92. The number of rotatable bonds is 20. The fourth-order valence-corrected chi connectivity index (χ4v) is 5.05. The van der Waals surface area contributed by atoms with E-state index in [0.717, 1.165) is 37.8 Å². The van der Waals surface area contributed by atoms with Crippen LogP contribution in [0.3, 0.4) is 0 Å². The highest BCUT2D eigenvalue weighted by molar-refractivity contribution is 5.90. The lowest BCUT2D eigenvalue weighted by Gasteiger charge is -2.28. The van der Waals surface area contributed by atoms with Gasteiger partial charge in [-0.05, 0) is 74.6 Å². The van der Waals surface area contributed by atoms with Gasteiger partial charge in [-0.3, -0.25) is 14.5 Å². The van der Waals surface area contributed by atoms with E-state index in [0.29, 0.717) is 19.5 Å². The van der Waals surface area contributed by atoms with Crippen molar-refractivity contribution < 1.29 is 9.59 Å². The van der Waals surface area contributed by atoms with Crippen molar-refractivity contribution >= 4 is 17.5 Å². The molecule has 0 heterocycles. The number of amides is 2. The Kier molecular flexibility index (Phi) is 15.1. The van der Waals surface area contributed by atoms with E-state index < -0.39 is 0 Å². The second-order valence-corrected chi connectivity index (χ2v) is 10.8. The molecular formula is C33H51N5O2. The third-order valence-electron chi connectivity index (χ3n) is 7.45. The molecule has 40 heavy (non-hydrogen) atoms. The summed E-state index contributed by atoms with van der Waals surface area (Å²) < 4.78 is 0. The fraction of sp³-hybridized carbons (Fsp3) is 0.515. The van der Waals surface area contributed by atoms with E-state index in [9.17, 15) is 9.59 Å². The van der Waals surface area contributed by atoms with Gasteiger partial charge in [0.15, 0.2) is 0 Å². The van der Waals surface area contributed by atoms with Gasteiger partial charge < -0.3 is 22.1 Å². The Hall–Kier alpha value is -3.16. The molecule has 2 rings (SSSR count). The fourth-order valence-electron chi connectivity index (χ4n) is 5.05. The molecule has 2 aromatic rings. The summed E-state index contributed by atoms with van der Waals surface area (Å²) in [4.78, 5) is 26.3. The normalized spacial score (nSPS) is 12.6. The molecule has 7 heteroatoms. The summed E-state index contributed by atoms with van der Waals surface area (Å²) >= 11 is 0. The maximum Gasteiger partial charge on any atom is 0.231 e. The number of primary amides is 1. The number of hydrogen-bond donors (Lipinski definition) is 4. The number of hydrogen-bond acceptors (Lipinski definition) is 5. The van der Waals surface area contributed by atoms with E-state index in [1.54, 1.807) is 6.20 Å². The van der Waals surface area contributed by atoms with E-state index in [1.165, 1.54) is 41.5 Å². The summed E-state index contributed by atoms with van der Waals surface area (Å²) in [6.45, 7) is 11.6. The van der Waals surface area contributed by atoms with E-state index in [1.807, 2.05) is 11.0 Å². The van der Waals surface area contributed by atoms with Crippen molar-refractivity contribution in [1.29, 1.82) is 0 Å². The zero-order chi connectivity index (χ0) is 29.3. The van der Waals surface area contributed by atoms with Crippen molar-refractivity contribution in [1.82, 2.24) is 10.2 Å². The number of anilines is 1. The molecule has 0 aromatic heterocycles. The van der Waals surface area contributed by atoms with Crippen LogP contribution in [0.2, 0.25) is 0 Å². The third-order valence-corrected chi connectivity index (χ3v) is 7.45. The van der Waals surface area contributed by atoms with Crippen LogP contribution < -0.4 is 22.1 Å². The smallest absolute Gasteiger partial charge is 0.231 e. The zero-order valence-corrected chi connectivity index (χ0v) is 24.9. The Morgan fingerprint density at radius 3 is 2.42 bits per heavy atom. The van der Waals surface area contributed by atoms with Gasteiger partial charge in [-0.2, -0.15) is 0 Å². The number of nitrogens with zero attached hydrogens (tertiary/aromatic N) is 1. The number of nitrogens with one attached hydrogen (secondary N) is 2. The molecule has 2 amide bonds. The van der Waals surface area contributed by atoms with Crippen LogP contribution in [0.4, 0.5) is 5.69 Å². The van der Waals surface area contributed by atoms with Crippen molar-refractivity contribution in [2.45, 2.75) is 90.6 Å². The predicted molar refractivity (Wildman–Crippen MR) is 167 cm³/mol. The minimum Gasteiger partial charge on any atom is -0.384 e. The van der Waals surface area contributed by atoms with Gasteiger partial charge >= 0.3 is 0 Å². The van der Waals surface area contributed by atoms with E-state index >= 15 is 0 Å². The van der Waals surface area contributed by atoms with Gasteiger partial charge in [0.25, 0.3) is 0 Å². The zero-order valence-electron chi connectivity index (χ0n) is 24.9. The Morgan fingerprint density at radius 1 is 1.05 bits per heavy atom. The molecule has 220 valence electrons. The lowest BCUT2D eigenvalue weighted by molar-refractivity contribution is -0.119. The number of nitrogens with two attached hydrogens (primary N) is 2. The largest absolute Gasteiger partial charge is 0.384 e. The molecule has 0 fully saturated rings. The van der Waals surface area contributed by atoms with Gasteiger partial charge in [-0.25, -0.2) is 0 Å². The van der Waals surface area contributed by atoms with Gasteiger partial charge in [0.05, 0.1) is 12.6 Å². The number of benzene rings is 2. The molecule has 0 bridgehead atoms. The van der Waals surface area contributed by atoms with Crippen LogP contribution in [0.15, 0.2) is 55.2 Å². The van der Waals surface area contributed by atoms with E-state index in [-0.39, 0.29) is 30.4 Å². The van der Waals surface area contributed by atoms with Crippen LogP contribution in [-0.4, -0.2) is 42.4 Å². The minimum atomic E-state index is -0.350. The van der Waals surface area contributed by atoms with Crippen molar-refractivity contribution in [3.8, 4) is 0 Å². The van der Waals surface area contributed by atoms with Crippen LogP contribution >= 0.6 is 0 Å². The highest BCUT2D eigenvalue weighted by Crippen LogP contribution is 2.26.